The molecule has 0 spiro atoms. The van der Waals surface area contributed by atoms with Crippen LogP contribution in [0.5, 0.6) is 0 Å². The van der Waals surface area contributed by atoms with Crippen LogP contribution in [0.3, 0.4) is 0 Å². The van der Waals surface area contributed by atoms with Gasteiger partial charge in [-0.05, 0) is 96.3 Å². The van der Waals surface area contributed by atoms with Crippen LogP contribution in [0.15, 0.2) is 85.1 Å². The van der Waals surface area contributed by atoms with Crippen molar-refractivity contribution in [2.24, 2.45) is 0 Å². The van der Waals surface area contributed by atoms with Crippen molar-refractivity contribution in [3.8, 4) is 0 Å². The quantitative estimate of drug-likeness (QED) is 0.0128. The number of phosphoric ester groups is 2. The molecule has 1 rings (SSSR count). The van der Waals surface area contributed by atoms with E-state index in [1.165, 1.54) is 19.3 Å². The number of rotatable bonds is 38. The summed E-state index contributed by atoms with van der Waals surface area (Å²) in [6.45, 7) is 0.988. The molecule has 1 fully saturated rings. The Hall–Kier alpha value is -2.86. The minimum absolute atomic E-state index is 0.0501. The number of allylic oxidation sites excluding steroid dienone is 14. The van der Waals surface area contributed by atoms with Crippen LogP contribution in [0.2, 0.25) is 0 Å². The highest BCUT2D eigenvalue weighted by molar-refractivity contribution is 7.47. The summed E-state index contributed by atoms with van der Waals surface area (Å²) < 4.78 is 49.2. The third kappa shape index (κ3) is 32.0. The summed E-state index contributed by atoms with van der Waals surface area (Å²) in [6, 6.07) is 0. The van der Waals surface area contributed by atoms with Crippen molar-refractivity contribution in [3.63, 3.8) is 0 Å². The molecule has 378 valence electrons. The molecule has 0 aliphatic heterocycles. The first-order chi connectivity index (χ1) is 31.6. The first-order valence-corrected chi connectivity index (χ1v) is 26.3. The van der Waals surface area contributed by atoms with E-state index in [1.54, 1.807) is 0 Å². The molecule has 0 aromatic carbocycles. The maximum atomic E-state index is 13.0. The molecular weight excluding hydrogens is 898 g/mol. The topological polar surface area (TPSA) is 276 Å². The Morgan fingerprint density at radius 1 is 0.515 bits per heavy atom. The Morgan fingerprint density at radius 2 is 0.955 bits per heavy atom. The third-order valence-corrected chi connectivity index (χ3v) is 11.5. The number of phosphoric acid groups is 2. The zero-order valence-corrected chi connectivity index (χ0v) is 40.3. The number of esters is 2. The average Bonchev–Trinajstić information content (AvgIpc) is 3.27. The Kier molecular flexibility index (Phi) is 35.3. The zero-order valence-electron chi connectivity index (χ0n) is 38.5. The molecule has 0 saturated heterocycles. The lowest BCUT2D eigenvalue weighted by atomic mass is 9.85. The van der Waals surface area contributed by atoms with Gasteiger partial charge in [0, 0.05) is 19.4 Å². The second-order valence-electron chi connectivity index (χ2n) is 15.8. The summed E-state index contributed by atoms with van der Waals surface area (Å²) in [5.74, 6) is -1.34. The molecule has 66 heavy (non-hydrogen) atoms. The van der Waals surface area contributed by atoms with Crippen LogP contribution in [0.4, 0.5) is 0 Å². The smallest absolute Gasteiger partial charge is 0.462 e. The van der Waals surface area contributed by atoms with Gasteiger partial charge in [-0.1, -0.05) is 111 Å². The Bertz CT molecular complexity index is 1600. The summed E-state index contributed by atoms with van der Waals surface area (Å²) >= 11 is 0. The molecule has 0 amide bonds. The molecule has 0 aromatic rings. The van der Waals surface area contributed by atoms with Gasteiger partial charge in [-0.25, -0.2) is 9.13 Å². The molecule has 19 heteroatoms. The molecule has 8 atom stereocenters. The highest BCUT2D eigenvalue weighted by atomic mass is 31.2. The maximum absolute atomic E-state index is 13.0. The van der Waals surface area contributed by atoms with E-state index in [1.807, 2.05) is 24.3 Å². The fourth-order valence-electron chi connectivity index (χ4n) is 6.36. The van der Waals surface area contributed by atoms with Crippen molar-refractivity contribution < 1.29 is 82.0 Å². The Labute approximate surface area is 391 Å². The van der Waals surface area contributed by atoms with Crippen LogP contribution in [-0.4, -0.2) is 115 Å². The monoisotopic (exact) mass is 976 g/mol. The van der Waals surface area contributed by atoms with Crippen LogP contribution in [0.1, 0.15) is 135 Å². The van der Waals surface area contributed by atoms with Gasteiger partial charge in [0.25, 0.3) is 0 Å². The molecule has 1 aliphatic rings. The number of hydrogen-bond donors (Lipinski definition) is 8. The third-order valence-electron chi connectivity index (χ3n) is 10.00. The van der Waals surface area contributed by atoms with E-state index in [4.69, 9.17) is 33.4 Å². The first-order valence-electron chi connectivity index (χ1n) is 23.2. The van der Waals surface area contributed by atoms with Crippen molar-refractivity contribution in [1.29, 1.82) is 0 Å². The van der Waals surface area contributed by atoms with Crippen molar-refractivity contribution >= 4 is 27.6 Å². The number of ether oxygens (including phenoxy) is 2. The predicted octanol–water partition coefficient (Wildman–Crippen LogP) is 7.59. The van der Waals surface area contributed by atoms with Crippen LogP contribution < -0.4 is 0 Å². The highest BCUT2D eigenvalue weighted by Gasteiger charge is 2.54. The summed E-state index contributed by atoms with van der Waals surface area (Å²) in [5.41, 5.74) is 0. The lowest BCUT2D eigenvalue weighted by molar-refractivity contribution is -0.216. The average molecular weight is 977 g/mol. The van der Waals surface area contributed by atoms with E-state index in [9.17, 15) is 44.0 Å². The molecule has 1 saturated carbocycles. The Balaban J connectivity index is 2.68. The predicted molar refractivity (Wildman–Crippen MR) is 252 cm³/mol. The number of aliphatic hydroxyl groups is 5. The molecule has 1 aliphatic carbocycles. The van der Waals surface area contributed by atoms with Gasteiger partial charge < -0.3 is 49.7 Å². The van der Waals surface area contributed by atoms with Crippen LogP contribution in [0.25, 0.3) is 0 Å². The minimum atomic E-state index is -5.38. The molecule has 0 heterocycles. The fraction of sp³-hybridized carbons (Fsp3) is 0.660. The summed E-state index contributed by atoms with van der Waals surface area (Å²) in [6.07, 6.45) is 29.9. The lowest BCUT2D eigenvalue weighted by Gasteiger charge is -2.43. The molecule has 0 bridgehead atoms. The number of unbranched alkanes of at least 4 members (excludes halogenated alkanes) is 9. The second-order valence-corrected chi connectivity index (χ2v) is 18.4. The molecule has 17 nitrogen and oxygen atoms in total. The van der Waals surface area contributed by atoms with E-state index in [0.29, 0.717) is 32.1 Å². The van der Waals surface area contributed by atoms with Gasteiger partial charge in [0.05, 0.1) is 6.61 Å². The van der Waals surface area contributed by atoms with Crippen LogP contribution in [0, 0.1) is 0 Å². The normalized spacial score (nSPS) is 22.3. The fourth-order valence-corrected chi connectivity index (χ4v) is 7.89. The van der Waals surface area contributed by atoms with Crippen LogP contribution in [-0.2, 0) is 41.8 Å². The SMILES string of the molecule is CCCCC/C=C\C/C=C\C/C=C\CCCCC(=O)OC[C@H](COP(=O)(O)O[C@H]1C(O)C(O)C(O)[C@@H](OP(=O)(O)O)C1O)OC(=O)CCC/C=C\C/C=C\C/C=C\C/C=C\CCCCCO. The van der Waals surface area contributed by atoms with Gasteiger partial charge in [0.2, 0.25) is 0 Å². The van der Waals surface area contributed by atoms with E-state index < -0.39 is 83.5 Å². The minimum Gasteiger partial charge on any atom is -0.462 e. The highest BCUT2D eigenvalue weighted by Crippen LogP contribution is 2.49. The number of carbonyl (C=O) groups is 2. The largest absolute Gasteiger partial charge is 0.472 e. The van der Waals surface area contributed by atoms with Crippen molar-refractivity contribution in [1.82, 2.24) is 0 Å². The molecule has 0 radical (unpaired) electrons. The number of aliphatic hydroxyl groups excluding tert-OH is 5. The van der Waals surface area contributed by atoms with Gasteiger partial charge in [0.1, 0.15) is 43.2 Å². The summed E-state index contributed by atoms with van der Waals surface area (Å²) in [7, 11) is -10.7. The molecule has 5 unspecified atom stereocenters. The molecule has 8 N–H and O–H groups in total. The first kappa shape index (κ1) is 61.2. The van der Waals surface area contributed by atoms with E-state index >= 15 is 0 Å². The summed E-state index contributed by atoms with van der Waals surface area (Å²) in [5, 5.41) is 50.0. The van der Waals surface area contributed by atoms with E-state index in [2.05, 4.69) is 72.2 Å². The molecular formula is C47H78O17P2. The summed E-state index contributed by atoms with van der Waals surface area (Å²) in [4.78, 5) is 54.2. The van der Waals surface area contributed by atoms with Gasteiger partial charge in [-0.3, -0.25) is 23.2 Å². The zero-order chi connectivity index (χ0) is 48.9. The standard InChI is InChI=1S/C47H78O17P2/c1-2-3-4-5-6-7-8-9-13-16-19-22-25-28-31-34-40(49)60-37-39(38-61-66(58,59)64-47-44(53)42(51)43(52)46(45(47)54)63-65(55,56)57)62-41(50)35-32-29-26-23-20-17-14-11-10-12-15-18-21-24-27-30-33-36-48/h6-7,9-10,12-14,17-19,21-23,26,39,42-48,51-54H,2-5,8,11,15-16,20,24-25,27-38H2,1H3,(H,58,59)(H2,55,56,57)/b7-6-,12-10-,13-9-,17-14-,21-18-,22-19-,26-23-/t39-,42?,43?,44?,45?,46-,47+/m1/s1. The van der Waals surface area contributed by atoms with Crippen molar-refractivity contribution in [2.45, 2.75) is 178 Å². The van der Waals surface area contributed by atoms with Gasteiger partial charge >= 0.3 is 27.6 Å². The van der Waals surface area contributed by atoms with Crippen LogP contribution >= 0.6 is 15.6 Å². The van der Waals surface area contributed by atoms with Gasteiger partial charge in [-0.2, -0.15) is 0 Å². The second kappa shape index (κ2) is 38.0. The molecule has 0 aromatic heterocycles. The van der Waals surface area contributed by atoms with Gasteiger partial charge in [0.15, 0.2) is 6.10 Å². The van der Waals surface area contributed by atoms with E-state index in [-0.39, 0.29) is 19.4 Å². The maximum Gasteiger partial charge on any atom is 0.472 e. The number of carbonyl (C=O) groups excluding carboxylic acids is 2. The lowest BCUT2D eigenvalue weighted by Crippen LogP contribution is -2.64. The number of hydrogen-bond acceptors (Lipinski definition) is 14. The van der Waals surface area contributed by atoms with Crippen molar-refractivity contribution in [2.75, 3.05) is 19.8 Å². The van der Waals surface area contributed by atoms with E-state index in [0.717, 1.165) is 64.2 Å². The van der Waals surface area contributed by atoms with Crippen molar-refractivity contribution in [3.05, 3.63) is 85.1 Å². The Morgan fingerprint density at radius 3 is 1.44 bits per heavy atom. The van der Waals surface area contributed by atoms with Gasteiger partial charge in [-0.15, -0.1) is 0 Å².